The van der Waals surface area contributed by atoms with Crippen molar-refractivity contribution in [3.8, 4) is 0 Å². The molecule has 7 nitrogen and oxygen atoms in total. The molecular weight excluding hydrogens is 330 g/mol. The summed E-state index contributed by atoms with van der Waals surface area (Å²) >= 11 is 1.51. The van der Waals surface area contributed by atoms with Crippen LogP contribution >= 0.6 is 11.8 Å². The summed E-state index contributed by atoms with van der Waals surface area (Å²) in [6.45, 7) is 1.53. The van der Waals surface area contributed by atoms with Gasteiger partial charge in [0.2, 0.25) is 0 Å². The van der Waals surface area contributed by atoms with Gasteiger partial charge in [-0.1, -0.05) is 11.8 Å². The van der Waals surface area contributed by atoms with Crippen LogP contribution in [0.25, 0.3) is 0 Å². The molecule has 2 heterocycles. The van der Waals surface area contributed by atoms with Crippen molar-refractivity contribution in [1.82, 2.24) is 14.5 Å². The number of hydrogen-bond acceptors (Lipinski definition) is 5. The summed E-state index contributed by atoms with van der Waals surface area (Å²) in [7, 11) is 1.91. The van der Waals surface area contributed by atoms with E-state index in [0.717, 1.165) is 18.0 Å². The summed E-state index contributed by atoms with van der Waals surface area (Å²) < 4.78 is 7.54. The number of carbonyl (C=O) groups is 2. The maximum absolute atomic E-state index is 12.6. The van der Waals surface area contributed by atoms with Crippen LogP contribution < -0.4 is 0 Å². The summed E-state index contributed by atoms with van der Waals surface area (Å²) in [6.07, 6.45) is 5.26. The van der Waals surface area contributed by atoms with Crippen LogP contribution in [0, 0.1) is 0 Å². The predicted molar refractivity (Wildman–Crippen MR) is 87.8 cm³/mol. The molecule has 1 aliphatic rings. The smallest absolute Gasteiger partial charge is 0.326 e. The zero-order valence-corrected chi connectivity index (χ0v) is 14.3. The van der Waals surface area contributed by atoms with Gasteiger partial charge in [-0.25, -0.2) is 9.78 Å². The lowest BCUT2D eigenvalue weighted by Crippen LogP contribution is -2.44. The van der Waals surface area contributed by atoms with E-state index in [1.165, 1.54) is 23.6 Å². The predicted octanol–water partition coefficient (Wildman–Crippen LogP) is 2.38. The van der Waals surface area contributed by atoms with E-state index in [1.807, 2.05) is 17.8 Å². The average Bonchev–Trinajstić information content (AvgIpc) is 3.11. The maximum Gasteiger partial charge on any atom is 0.326 e. The first-order valence-electron chi connectivity index (χ1n) is 7.71. The second-order valence-corrected chi connectivity index (χ2v) is 6.78. The Balaban J connectivity index is 1.68. The van der Waals surface area contributed by atoms with Gasteiger partial charge in [0.05, 0.1) is 5.75 Å². The number of furan rings is 1. The molecular formula is C16H19N3O4S. The second-order valence-electron chi connectivity index (χ2n) is 5.83. The number of thioether (sulfide) groups is 1. The van der Waals surface area contributed by atoms with Gasteiger partial charge in [0.15, 0.2) is 10.9 Å². The van der Waals surface area contributed by atoms with Crippen molar-refractivity contribution in [3.63, 3.8) is 0 Å². The fourth-order valence-corrected chi connectivity index (χ4v) is 3.28. The standard InChI is InChI=1S/C16H19N3O4S/c1-10(15(21)22)19(11-3-4-11)14(20)13-6-5-12(23-13)9-24-16-17-7-8-18(16)2/h5-8,10-11H,3-4,9H2,1-2H3,(H,21,22). The van der Waals surface area contributed by atoms with Crippen LogP contribution in [0.1, 0.15) is 36.1 Å². The zero-order valence-electron chi connectivity index (χ0n) is 13.5. The number of aryl methyl sites for hydroxylation is 1. The fourth-order valence-electron chi connectivity index (χ4n) is 2.45. The van der Waals surface area contributed by atoms with Crippen molar-refractivity contribution in [1.29, 1.82) is 0 Å². The van der Waals surface area contributed by atoms with Gasteiger partial charge in [-0.15, -0.1) is 0 Å². The van der Waals surface area contributed by atoms with Crippen LogP contribution in [0.15, 0.2) is 34.1 Å². The van der Waals surface area contributed by atoms with Crippen molar-refractivity contribution in [3.05, 3.63) is 36.0 Å². The van der Waals surface area contributed by atoms with Crippen molar-refractivity contribution < 1.29 is 19.1 Å². The quantitative estimate of drug-likeness (QED) is 0.772. The van der Waals surface area contributed by atoms with Gasteiger partial charge >= 0.3 is 5.97 Å². The van der Waals surface area contributed by atoms with Gasteiger partial charge < -0.3 is 19.0 Å². The average molecular weight is 349 g/mol. The van der Waals surface area contributed by atoms with Crippen LogP contribution in [0.5, 0.6) is 0 Å². The van der Waals surface area contributed by atoms with E-state index < -0.39 is 12.0 Å². The Morgan fingerprint density at radius 2 is 2.25 bits per heavy atom. The molecule has 2 aromatic heterocycles. The van der Waals surface area contributed by atoms with Crippen LogP contribution in [0.3, 0.4) is 0 Å². The first kappa shape index (κ1) is 16.6. The van der Waals surface area contributed by atoms with Crippen molar-refractivity contribution in [2.24, 2.45) is 7.05 Å². The van der Waals surface area contributed by atoms with Gasteiger partial charge in [0.25, 0.3) is 5.91 Å². The molecule has 1 atom stereocenters. The molecule has 3 rings (SSSR count). The minimum Gasteiger partial charge on any atom is -0.480 e. The fraction of sp³-hybridized carbons (Fsp3) is 0.438. The molecule has 0 bridgehead atoms. The first-order chi connectivity index (χ1) is 11.5. The summed E-state index contributed by atoms with van der Waals surface area (Å²) in [5.41, 5.74) is 0. The number of amides is 1. The van der Waals surface area contributed by atoms with E-state index >= 15 is 0 Å². The number of hydrogen-bond donors (Lipinski definition) is 1. The molecule has 0 aromatic carbocycles. The third-order valence-electron chi connectivity index (χ3n) is 3.94. The number of carboxylic acid groups (broad SMARTS) is 1. The maximum atomic E-state index is 12.6. The van der Waals surface area contributed by atoms with E-state index in [-0.39, 0.29) is 17.7 Å². The van der Waals surface area contributed by atoms with Gasteiger partial charge in [0, 0.05) is 25.5 Å². The molecule has 128 valence electrons. The molecule has 0 spiro atoms. The minimum atomic E-state index is -1.01. The molecule has 0 radical (unpaired) electrons. The van der Waals surface area contributed by atoms with E-state index in [1.54, 1.807) is 18.3 Å². The molecule has 1 saturated carbocycles. The van der Waals surface area contributed by atoms with Gasteiger partial charge in [-0.2, -0.15) is 0 Å². The highest BCUT2D eigenvalue weighted by Crippen LogP contribution is 2.31. The van der Waals surface area contributed by atoms with Crippen LogP contribution in [0.2, 0.25) is 0 Å². The normalized spacial score (nSPS) is 15.2. The number of rotatable bonds is 7. The molecule has 24 heavy (non-hydrogen) atoms. The van der Waals surface area contributed by atoms with Gasteiger partial charge in [-0.05, 0) is 31.9 Å². The number of carbonyl (C=O) groups excluding carboxylic acids is 1. The van der Waals surface area contributed by atoms with E-state index in [9.17, 15) is 14.7 Å². The Morgan fingerprint density at radius 3 is 2.83 bits per heavy atom. The molecule has 2 aromatic rings. The number of imidazole rings is 1. The number of carboxylic acids is 1. The zero-order chi connectivity index (χ0) is 17.3. The molecule has 0 saturated heterocycles. The van der Waals surface area contributed by atoms with Gasteiger partial charge in [-0.3, -0.25) is 4.79 Å². The SMILES string of the molecule is CC(C(=O)O)N(C(=O)c1ccc(CSc2nccn2C)o1)C1CC1. The highest BCUT2D eigenvalue weighted by Gasteiger charge is 2.39. The summed E-state index contributed by atoms with van der Waals surface area (Å²) in [6, 6.07) is 2.50. The Labute approximate surface area is 143 Å². The van der Waals surface area contributed by atoms with Gasteiger partial charge in [0.1, 0.15) is 11.8 Å². The van der Waals surface area contributed by atoms with E-state index in [4.69, 9.17) is 4.42 Å². The monoisotopic (exact) mass is 349 g/mol. The Hall–Kier alpha value is -2.22. The van der Waals surface area contributed by atoms with Crippen molar-refractivity contribution >= 4 is 23.6 Å². The third-order valence-corrected chi connectivity index (χ3v) is 5.02. The molecule has 1 aliphatic carbocycles. The lowest BCUT2D eigenvalue weighted by Gasteiger charge is -2.25. The molecule has 0 aliphatic heterocycles. The number of nitrogens with zero attached hydrogens (tertiary/aromatic N) is 3. The summed E-state index contributed by atoms with van der Waals surface area (Å²) in [5.74, 6) is 0.0271. The second kappa shape index (κ2) is 6.72. The third kappa shape index (κ3) is 3.48. The van der Waals surface area contributed by atoms with Crippen molar-refractivity contribution in [2.45, 2.75) is 42.8 Å². The molecule has 8 heteroatoms. The topological polar surface area (TPSA) is 88.6 Å². The van der Waals surface area contributed by atoms with E-state index in [0.29, 0.717) is 11.5 Å². The van der Waals surface area contributed by atoms with Crippen LogP contribution in [0.4, 0.5) is 0 Å². The number of aromatic nitrogens is 2. The molecule has 1 unspecified atom stereocenters. The Morgan fingerprint density at radius 1 is 1.50 bits per heavy atom. The Kier molecular flexibility index (Phi) is 4.66. The van der Waals surface area contributed by atoms with Crippen LogP contribution in [-0.2, 0) is 17.6 Å². The summed E-state index contributed by atoms with van der Waals surface area (Å²) in [5, 5.41) is 10.1. The largest absolute Gasteiger partial charge is 0.480 e. The van der Waals surface area contributed by atoms with E-state index in [2.05, 4.69) is 4.98 Å². The van der Waals surface area contributed by atoms with Crippen molar-refractivity contribution in [2.75, 3.05) is 0 Å². The molecule has 1 amide bonds. The lowest BCUT2D eigenvalue weighted by atomic mass is 10.2. The highest BCUT2D eigenvalue weighted by atomic mass is 32.2. The summed E-state index contributed by atoms with van der Waals surface area (Å²) in [4.78, 5) is 29.5. The molecule has 1 N–H and O–H groups in total. The Bertz CT molecular complexity index is 750. The molecule has 1 fully saturated rings. The van der Waals surface area contributed by atoms with Crippen LogP contribution in [-0.4, -0.2) is 43.5 Å². The highest BCUT2D eigenvalue weighted by molar-refractivity contribution is 7.98. The minimum absolute atomic E-state index is 0.000839. The first-order valence-corrected chi connectivity index (χ1v) is 8.70. The number of aliphatic carboxylic acids is 1. The lowest BCUT2D eigenvalue weighted by molar-refractivity contribution is -0.141.